The van der Waals surface area contributed by atoms with Crippen molar-refractivity contribution in [3.05, 3.63) is 29.6 Å². The highest BCUT2D eigenvalue weighted by molar-refractivity contribution is 7.99. The fourth-order valence-electron chi connectivity index (χ4n) is 2.10. The first-order valence-corrected chi connectivity index (χ1v) is 8.06. The van der Waals surface area contributed by atoms with Crippen LogP contribution in [0.5, 0.6) is 0 Å². The summed E-state index contributed by atoms with van der Waals surface area (Å²) >= 11 is 7.07. The molecule has 0 aliphatic carbocycles. The average Bonchev–Trinajstić information content (AvgIpc) is 2.40. The van der Waals surface area contributed by atoms with E-state index in [1.165, 1.54) is 6.07 Å². The number of halogens is 1. The molecule has 2 nitrogen and oxygen atoms in total. The molecule has 0 radical (unpaired) electrons. The highest BCUT2D eigenvalue weighted by Gasteiger charge is 2.21. The number of nitrogens with one attached hydrogen (secondary N) is 2. The van der Waals surface area contributed by atoms with Gasteiger partial charge in [0, 0.05) is 17.2 Å². The van der Waals surface area contributed by atoms with Gasteiger partial charge in [-0.3, -0.25) is 0 Å². The summed E-state index contributed by atoms with van der Waals surface area (Å²) in [4.78, 5) is 1.15. The molecule has 0 amide bonds. The van der Waals surface area contributed by atoms with Crippen molar-refractivity contribution in [2.45, 2.75) is 37.1 Å². The summed E-state index contributed by atoms with van der Waals surface area (Å²) in [5.74, 6) is 0.853. The smallest absolute Gasteiger partial charge is 0.166 e. The third-order valence-electron chi connectivity index (χ3n) is 3.13. The van der Waals surface area contributed by atoms with Crippen molar-refractivity contribution in [1.82, 2.24) is 10.6 Å². The third-order valence-corrected chi connectivity index (χ3v) is 4.52. The standard InChI is InChI=1S/C14H19FN2S2/c1-2-3-7-16-14(18)17-12-6-8-19-13-5-4-10(15)9-11(12)13/h4-5,9,12H,2-3,6-8H2,1H3,(H2,16,17,18)/t12-/m1/s1. The second-order valence-corrected chi connectivity index (χ2v) is 6.17. The van der Waals surface area contributed by atoms with E-state index in [9.17, 15) is 4.39 Å². The summed E-state index contributed by atoms with van der Waals surface area (Å²) < 4.78 is 13.4. The van der Waals surface area contributed by atoms with Crippen LogP contribution < -0.4 is 10.6 Å². The molecule has 1 aromatic carbocycles. The fraction of sp³-hybridized carbons (Fsp3) is 0.500. The Bertz CT molecular complexity index is 451. The van der Waals surface area contributed by atoms with E-state index in [2.05, 4.69) is 17.6 Å². The van der Waals surface area contributed by atoms with Gasteiger partial charge in [-0.15, -0.1) is 11.8 Å². The molecule has 0 saturated carbocycles. The van der Waals surface area contributed by atoms with E-state index >= 15 is 0 Å². The lowest BCUT2D eigenvalue weighted by Crippen LogP contribution is -2.39. The van der Waals surface area contributed by atoms with Crippen molar-refractivity contribution in [2.75, 3.05) is 12.3 Å². The monoisotopic (exact) mass is 298 g/mol. The molecule has 1 atom stereocenters. The largest absolute Gasteiger partial charge is 0.363 e. The van der Waals surface area contributed by atoms with E-state index in [1.807, 2.05) is 6.07 Å². The molecular weight excluding hydrogens is 279 g/mol. The topological polar surface area (TPSA) is 24.1 Å². The van der Waals surface area contributed by atoms with E-state index in [0.717, 1.165) is 42.0 Å². The third kappa shape index (κ3) is 4.08. The van der Waals surface area contributed by atoms with Gasteiger partial charge in [-0.05, 0) is 48.8 Å². The molecule has 0 fully saturated rings. The molecule has 0 bridgehead atoms. The van der Waals surface area contributed by atoms with Gasteiger partial charge in [-0.2, -0.15) is 0 Å². The number of rotatable bonds is 4. The Morgan fingerprint density at radius 3 is 3.16 bits per heavy atom. The molecule has 1 heterocycles. The maximum atomic E-state index is 13.4. The number of unbranched alkanes of at least 4 members (excludes halogenated alkanes) is 1. The van der Waals surface area contributed by atoms with Crippen LogP contribution in [0.1, 0.15) is 37.8 Å². The zero-order valence-corrected chi connectivity index (χ0v) is 12.7. The molecule has 1 aliphatic rings. The summed E-state index contributed by atoms with van der Waals surface area (Å²) in [7, 11) is 0. The lowest BCUT2D eigenvalue weighted by atomic mass is 10.0. The van der Waals surface area contributed by atoms with E-state index in [1.54, 1.807) is 17.8 Å². The highest BCUT2D eigenvalue weighted by atomic mass is 32.2. The van der Waals surface area contributed by atoms with Gasteiger partial charge in [0.15, 0.2) is 5.11 Å². The minimum absolute atomic E-state index is 0.119. The van der Waals surface area contributed by atoms with Crippen molar-refractivity contribution in [3.8, 4) is 0 Å². The second kappa shape index (κ2) is 7.10. The van der Waals surface area contributed by atoms with Gasteiger partial charge in [0.05, 0.1) is 6.04 Å². The van der Waals surface area contributed by atoms with Crippen LogP contribution in [0, 0.1) is 5.82 Å². The Morgan fingerprint density at radius 1 is 1.53 bits per heavy atom. The second-order valence-electron chi connectivity index (χ2n) is 4.63. The van der Waals surface area contributed by atoms with Gasteiger partial charge in [0.1, 0.15) is 5.82 Å². The van der Waals surface area contributed by atoms with Crippen molar-refractivity contribution >= 4 is 29.1 Å². The number of hydrogen-bond acceptors (Lipinski definition) is 2. The maximum Gasteiger partial charge on any atom is 0.166 e. The lowest BCUT2D eigenvalue weighted by Gasteiger charge is -2.27. The average molecular weight is 298 g/mol. The fourth-order valence-corrected chi connectivity index (χ4v) is 3.45. The van der Waals surface area contributed by atoms with Crippen molar-refractivity contribution in [2.24, 2.45) is 0 Å². The Morgan fingerprint density at radius 2 is 2.37 bits per heavy atom. The summed E-state index contributed by atoms with van der Waals surface area (Å²) in [6, 6.07) is 5.12. The molecule has 0 spiro atoms. The molecular formula is C14H19FN2S2. The molecule has 1 aliphatic heterocycles. The first-order valence-electron chi connectivity index (χ1n) is 6.67. The van der Waals surface area contributed by atoms with E-state index in [-0.39, 0.29) is 11.9 Å². The molecule has 19 heavy (non-hydrogen) atoms. The first-order chi connectivity index (χ1) is 9.20. The van der Waals surface area contributed by atoms with E-state index in [0.29, 0.717) is 5.11 Å². The van der Waals surface area contributed by atoms with Gasteiger partial charge in [0.2, 0.25) is 0 Å². The summed E-state index contributed by atoms with van der Waals surface area (Å²) in [5, 5.41) is 7.16. The number of thioether (sulfide) groups is 1. The van der Waals surface area contributed by atoms with Crippen LogP contribution in [0.3, 0.4) is 0 Å². The van der Waals surface area contributed by atoms with Crippen LogP contribution in [-0.4, -0.2) is 17.4 Å². The van der Waals surface area contributed by atoms with E-state index in [4.69, 9.17) is 12.2 Å². The van der Waals surface area contributed by atoms with Crippen LogP contribution >= 0.6 is 24.0 Å². The number of hydrogen-bond donors (Lipinski definition) is 2. The zero-order chi connectivity index (χ0) is 13.7. The Hall–Kier alpha value is -0.810. The number of benzene rings is 1. The van der Waals surface area contributed by atoms with E-state index < -0.39 is 0 Å². The van der Waals surface area contributed by atoms with Gasteiger partial charge < -0.3 is 10.6 Å². The normalized spacial score (nSPS) is 17.7. The summed E-state index contributed by atoms with van der Waals surface area (Å²) in [6.45, 7) is 3.04. The van der Waals surface area contributed by atoms with Crippen molar-refractivity contribution in [3.63, 3.8) is 0 Å². The number of thiocarbonyl (C=S) groups is 1. The molecule has 0 aromatic heterocycles. The number of fused-ring (bicyclic) bond motifs is 1. The molecule has 2 rings (SSSR count). The van der Waals surface area contributed by atoms with Crippen LogP contribution in [0.4, 0.5) is 4.39 Å². The maximum absolute atomic E-state index is 13.4. The van der Waals surface area contributed by atoms with Crippen molar-refractivity contribution < 1.29 is 4.39 Å². The van der Waals surface area contributed by atoms with Crippen LogP contribution in [0.15, 0.2) is 23.1 Å². The van der Waals surface area contributed by atoms with Crippen LogP contribution in [0.25, 0.3) is 0 Å². The Labute approximate surface area is 123 Å². The minimum atomic E-state index is -0.182. The molecule has 104 valence electrons. The minimum Gasteiger partial charge on any atom is -0.363 e. The SMILES string of the molecule is CCCCNC(=S)N[C@@H]1CCSc2ccc(F)cc21. The van der Waals surface area contributed by atoms with Gasteiger partial charge in [0.25, 0.3) is 0 Å². The quantitative estimate of drug-likeness (QED) is 0.655. The van der Waals surface area contributed by atoms with Crippen LogP contribution in [0.2, 0.25) is 0 Å². The Kier molecular flexibility index (Phi) is 5.45. The van der Waals surface area contributed by atoms with Gasteiger partial charge >= 0.3 is 0 Å². The first kappa shape index (κ1) is 14.6. The Balaban J connectivity index is 1.99. The van der Waals surface area contributed by atoms with Gasteiger partial charge in [-0.25, -0.2) is 4.39 Å². The molecule has 0 saturated heterocycles. The molecule has 0 unspecified atom stereocenters. The summed E-state index contributed by atoms with van der Waals surface area (Å²) in [6.07, 6.45) is 3.22. The predicted octanol–water partition coefficient (Wildman–Crippen LogP) is 3.63. The molecule has 2 N–H and O–H groups in total. The van der Waals surface area contributed by atoms with Crippen molar-refractivity contribution in [1.29, 1.82) is 0 Å². The lowest BCUT2D eigenvalue weighted by molar-refractivity contribution is 0.580. The predicted molar refractivity (Wildman–Crippen MR) is 83.1 cm³/mol. The summed E-state index contributed by atoms with van der Waals surface area (Å²) in [5.41, 5.74) is 1.02. The zero-order valence-electron chi connectivity index (χ0n) is 11.0. The van der Waals surface area contributed by atoms with Crippen LogP contribution in [-0.2, 0) is 0 Å². The van der Waals surface area contributed by atoms with Gasteiger partial charge in [-0.1, -0.05) is 13.3 Å². The molecule has 5 heteroatoms. The highest BCUT2D eigenvalue weighted by Crippen LogP contribution is 2.36. The molecule has 1 aromatic rings.